The largest absolute Gasteiger partial charge is 0.417 e. The van der Waals surface area contributed by atoms with Gasteiger partial charge >= 0.3 is 11.9 Å². The first-order valence-corrected chi connectivity index (χ1v) is 9.59. The zero-order valence-corrected chi connectivity index (χ0v) is 17.0. The van der Waals surface area contributed by atoms with Crippen molar-refractivity contribution in [2.45, 2.75) is 46.3 Å². The lowest BCUT2D eigenvalue weighted by Gasteiger charge is -2.27. The Bertz CT molecular complexity index is 1030. The van der Waals surface area contributed by atoms with Crippen molar-refractivity contribution in [1.82, 2.24) is 9.55 Å². The van der Waals surface area contributed by atoms with E-state index in [9.17, 15) is 27.6 Å². The van der Waals surface area contributed by atoms with Crippen molar-refractivity contribution in [2.24, 2.45) is 5.92 Å². The molecule has 0 radical (unpaired) electrons. The van der Waals surface area contributed by atoms with Crippen LogP contribution in [0.3, 0.4) is 0 Å². The first kappa shape index (κ1) is 23.2. The number of anilines is 2. The Morgan fingerprint density at radius 1 is 1.23 bits per heavy atom. The van der Waals surface area contributed by atoms with Gasteiger partial charge in [-0.15, -0.1) is 0 Å². The molecule has 0 unspecified atom stereocenters. The first-order chi connectivity index (χ1) is 14.0. The Labute approximate surface area is 171 Å². The summed E-state index contributed by atoms with van der Waals surface area (Å²) < 4.78 is 41.5. The van der Waals surface area contributed by atoms with Gasteiger partial charge in [-0.25, -0.2) is 4.79 Å². The van der Waals surface area contributed by atoms with Gasteiger partial charge in [0.1, 0.15) is 5.82 Å². The van der Waals surface area contributed by atoms with Gasteiger partial charge in [-0.1, -0.05) is 39.3 Å². The van der Waals surface area contributed by atoms with Crippen LogP contribution in [-0.4, -0.2) is 22.0 Å². The minimum atomic E-state index is -4.76. The summed E-state index contributed by atoms with van der Waals surface area (Å²) in [5.74, 6) is -1.47. The summed E-state index contributed by atoms with van der Waals surface area (Å²) in [5, 5.41) is 0. The van der Waals surface area contributed by atoms with Crippen LogP contribution < -0.4 is 21.9 Å². The summed E-state index contributed by atoms with van der Waals surface area (Å²) in [6.45, 7) is 5.52. The second-order valence-electron chi connectivity index (χ2n) is 7.35. The van der Waals surface area contributed by atoms with Crippen molar-refractivity contribution in [3.63, 3.8) is 0 Å². The number of rotatable bonds is 7. The maximum atomic E-state index is 13.4. The molecule has 0 aliphatic rings. The van der Waals surface area contributed by atoms with E-state index in [2.05, 4.69) is 4.98 Å². The first-order valence-electron chi connectivity index (χ1n) is 9.59. The molecule has 0 saturated heterocycles. The fourth-order valence-electron chi connectivity index (χ4n) is 3.08. The van der Waals surface area contributed by atoms with Crippen LogP contribution in [-0.2, 0) is 12.7 Å². The van der Waals surface area contributed by atoms with Crippen LogP contribution in [0.4, 0.5) is 24.7 Å². The molecule has 0 aliphatic carbocycles. The molecule has 164 valence electrons. The second-order valence-corrected chi connectivity index (χ2v) is 7.35. The summed E-state index contributed by atoms with van der Waals surface area (Å²) in [6.07, 6.45) is -3.42. The Morgan fingerprint density at radius 3 is 2.43 bits per heavy atom. The number of H-pyrrole nitrogens is 1. The van der Waals surface area contributed by atoms with Gasteiger partial charge in [-0.2, -0.15) is 13.2 Å². The molecular weight excluding hydrogens is 401 g/mol. The SMILES string of the molecule is CCCCn1c(N)c(N(CC(C)C)C(=O)c2ccccc2C(F)(F)F)c(=O)[nH]c1=O. The topological polar surface area (TPSA) is 101 Å². The lowest BCUT2D eigenvalue weighted by molar-refractivity contribution is -0.137. The summed E-state index contributed by atoms with van der Waals surface area (Å²) in [4.78, 5) is 41.0. The van der Waals surface area contributed by atoms with E-state index in [0.717, 1.165) is 28.0 Å². The van der Waals surface area contributed by atoms with Gasteiger partial charge in [0, 0.05) is 13.1 Å². The summed E-state index contributed by atoms with van der Waals surface area (Å²) in [7, 11) is 0. The van der Waals surface area contributed by atoms with Crippen molar-refractivity contribution in [2.75, 3.05) is 17.2 Å². The summed E-state index contributed by atoms with van der Waals surface area (Å²) in [5.41, 5.74) is 2.36. The third-order valence-electron chi connectivity index (χ3n) is 4.48. The quantitative estimate of drug-likeness (QED) is 0.710. The second kappa shape index (κ2) is 9.19. The van der Waals surface area contributed by atoms with Gasteiger partial charge in [-0.3, -0.25) is 19.1 Å². The van der Waals surface area contributed by atoms with E-state index in [-0.39, 0.29) is 30.5 Å². The molecule has 1 aromatic heterocycles. The molecule has 0 bridgehead atoms. The summed E-state index contributed by atoms with van der Waals surface area (Å²) in [6, 6.07) is 4.34. The maximum Gasteiger partial charge on any atom is 0.417 e. The highest BCUT2D eigenvalue weighted by Crippen LogP contribution is 2.33. The van der Waals surface area contributed by atoms with Crippen LogP contribution in [0.15, 0.2) is 33.9 Å². The number of carbonyl (C=O) groups excluding carboxylic acids is 1. The maximum absolute atomic E-state index is 13.4. The van der Waals surface area contributed by atoms with E-state index in [0.29, 0.717) is 6.42 Å². The Morgan fingerprint density at radius 2 is 1.87 bits per heavy atom. The highest BCUT2D eigenvalue weighted by Gasteiger charge is 2.37. The zero-order valence-electron chi connectivity index (χ0n) is 17.0. The molecule has 2 aromatic rings. The average molecular weight is 426 g/mol. The molecule has 7 nitrogen and oxygen atoms in total. The van der Waals surface area contributed by atoms with E-state index < -0.39 is 34.5 Å². The number of carbonyl (C=O) groups is 1. The number of nitrogens with zero attached hydrogens (tertiary/aromatic N) is 2. The number of benzene rings is 1. The van der Waals surface area contributed by atoms with Crippen molar-refractivity contribution in [1.29, 1.82) is 0 Å². The molecule has 1 amide bonds. The van der Waals surface area contributed by atoms with Gasteiger partial charge in [0.25, 0.3) is 11.5 Å². The number of hydrogen-bond donors (Lipinski definition) is 2. The number of aromatic nitrogens is 2. The van der Waals surface area contributed by atoms with Crippen LogP contribution in [0.25, 0.3) is 0 Å². The molecule has 0 spiro atoms. The molecular formula is C20H25F3N4O3. The number of halogens is 3. The number of nitrogens with two attached hydrogens (primary N) is 1. The fourth-order valence-corrected chi connectivity index (χ4v) is 3.08. The van der Waals surface area contributed by atoms with E-state index >= 15 is 0 Å². The lowest BCUT2D eigenvalue weighted by Crippen LogP contribution is -2.43. The molecule has 30 heavy (non-hydrogen) atoms. The number of alkyl halides is 3. The highest BCUT2D eigenvalue weighted by molar-refractivity contribution is 6.08. The molecule has 2 rings (SSSR count). The smallest absolute Gasteiger partial charge is 0.383 e. The van der Waals surface area contributed by atoms with Crippen molar-refractivity contribution < 1.29 is 18.0 Å². The Kier molecular flexibility index (Phi) is 7.12. The molecule has 1 aromatic carbocycles. The van der Waals surface area contributed by atoms with Crippen LogP contribution in [0, 0.1) is 5.92 Å². The lowest BCUT2D eigenvalue weighted by atomic mass is 10.0. The predicted molar refractivity (Wildman–Crippen MR) is 109 cm³/mol. The van der Waals surface area contributed by atoms with Crippen LogP contribution >= 0.6 is 0 Å². The third kappa shape index (κ3) is 4.92. The Hall–Kier alpha value is -3.04. The zero-order chi connectivity index (χ0) is 22.6. The van der Waals surface area contributed by atoms with Crippen LogP contribution in [0.5, 0.6) is 0 Å². The van der Waals surface area contributed by atoms with E-state index in [1.165, 1.54) is 12.1 Å². The minimum Gasteiger partial charge on any atom is -0.383 e. The number of nitrogen functional groups attached to an aromatic ring is 1. The van der Waals surface area contributed by atoms with Gasteiger partial charge in [0.05, 0.1) is 11.1 Å². The normalized spacial score (nSPS) is 11.7. The fraction of sp³-hybridized carbons (Fsp3) is 0.450. The number of aromatic amines is 1. The average Bonchev–Trinajstić information content (AvgIpc) is 2.65. The van der Waals surface area contributed by atoms with Gasteiger partial charge < -0.3 is 10.6 Å². The van der Waals surface area contributed by atoms with Crippen molar-refractivity contribution in [3.8, 4) is 0 Å². The predicted octanol–water partition coefficient (Wildman–Crippen LogP) is 3.24. The van der Waals surface area contributed by atoms with E-state index in [1.54, 1.807) is 13.8 Å². The van der Waals surface area contributed by atoms with Crippen molar-refractivity contribution in [3.05, 3.63) is 56.2 Å². The van der Waals surface area contributed by atoms with Crippen molar-refractivity contribution >= 4 is 17.4 Å². The van der Waals surface area contributed by atoms with E-state index in [1.807, 2.05) is 6.92 Å². The van der Waals surface area contributed by atoms with Crippen LogP contribution in [0.1, 0.15) is 49.5 Å². The monoisotopic (exact) mass is 426 g/mol. The minimum absolute atomic E-state index is 0.0652. The highest BCUT2D eigenvalue weighted by atomic mass is 19.4. The molecule has 0 atom stereocenters. The summed E-state index contributed by atoms with van der Waals surface area (Å²) >= 11 is 0. The molecule has 1 heterocycles. The molecule has 3 N–H and O–H groups in total. The van der Waals surface area contributed by atoms with Gasteiger partial charge in [0.15, 0.2) is 5.69 Å². The molecule has 10 heteroatoms. The number of hydrogen-bond acceptors (Lipinski definition) is 4. The van der Waals surface area contributed by atoms with Crippen LogP contribution in [0.2, 0.25) is 0 Å². The molecule has 0 fully saturated rings. The van der Waals surface area contributed by atoms with Gasteiger partial charge in [-0.05, 0) is 24.5 Å². The molecule has 0 saturated carbocycles. The number of unbranched alkanes of at least 4 members (excludes halogenated alkanes) is 1. The third-order valence-corrected chi connectivity index (χ3v) is 4.48. The Balaban J connectivity index is 2.70. The van der Waals surface area contributed by atoms with Gasteiger partial charge in [0.2, 0.25) is 0 Å². The standard InChI is InChI=1S/C20H25F3N4O3/c1-4-5-10-26-16(24)15(17(28)25-19(26)30)27(11-12(2)3)18(29)13-8-6-7-9-14(13)20(21,22)23/h6-9,12H,4-5,10-11,24H2,1-3H3,(H,25,28,30). The number of amides is 1. The molecule has 0 aliphatic heterocycles. The van der Waals surface area contributed by atoms with E-state index in [4.69, 9.17) is 5.73 Å². The number of nitrogens with one attached hydrogen (secondary N) is 1.